The molecule has 0 aromatic rings. The van der Waals surface area contributed by atoms with Crippen LogP contribution in [0.3, 0.4) is 0 Å². The van der Waals surface area contributed by atoms with Crippen LogP contribution in [0.1, 0.15) is 64.2 Å². The third-order valence-electron chi connectivity index (χ3n) is 3.93. The number of hydrogen-bond donors (Lipinski definition) is 1. The molecule has 2 fully saturated rings. The van der Waals surface area contributed by atoms with E-state index >= 15 is 0 Å². The van der Waals surface area contributed by atoms with Gasteiger partial charge >= 0.3 is 0 Å². The average Bonchev–Trinajstić information content (AvgIpc) is 2.65. The monoisotopic (exact) mass is 208 g/mol. The maximum Gasteiger partial charge on any atom is 0.0971 e. The van der Waals surface area contributed by atoms with Crippen LogP contribution >= 0.6 is 0 Å². The molecular weight excluding hydrogens is 184 g/mol. The van der Waals surface area contributed by atoms with Gasteiger partial charge in [-0.15, -0.1) is 0 Å². The molecule has 2 N–H and O–H groups in total. The van der Waals surface area contributed by atoms with E-state index in [1.807, 2.05) is 0 Å². The summed E-state index contributed by atoms with van der Waals surface area (Å²) in [6, 6.07) is 0.549. The predicted molar refractivity (Wildman–Crippen MR) is 65.1 cm³/mol. The lowest BCUT2D eigenvalue weighted by Gasteiger charge is -2.13. The van der Waals surface area contributed by atoms with Gasteiger partial charge in [0.25, 0.3) is 0 Å². The van der Waals surface area contributed by atoms with E-state index in [1.165, 1.54) is 64.2 Å². The molecule has 0 spiro atoms. The van der Waals surface area contributed by atoms with Gasteiger partial charge in [0, 0.05) is 5.92 Å². The van der Waals surface area contributed by atoms with Crippen LogP contribution in [0.5, 0.6) is 0 Å². The van der Waals surface area contributed by atoms with Gasteiger partial charge in [0.1, 0.15) is 0 Å². The minimum absolute atomic E-state index is 0.549. The van der Waals surface area contributed by atoms with Crippen molar-refractivity contribution in [2.75, 3.05) is 0 Å². The quantitative estimate of drug-likeness (QED) is 0.422. The lowest BCUT2D eigenvalue weighted by molar-refractivity contribution is 0.576. The summed E-state index contributed by atoms with van der Waals surface area (Å²) in [5.41, 5.74) is 6.11. The average molecular weight is 208 g/mol. The number of amidine groups is 1. The zero-order valence-corrected chi connectivity index (χ0v) is 9.75. The van der Waals surface area contributed by atoms with E-state index in [2.05, 4.69) is 0 Å². The molecule has 2 rings (SSSR count). The highest BCUT2D eigenvalue weighted by Crippen LogP contribution is 2.26. The van der Waals surface area contributed by atoms with Gasteiger partial charge < -0.3 is 5.73 Å². The van der Waals surface area contributed by atoms with Crippen molar-refractivity contribution in [3.8, 4) is 0 Å². The van der Waals surface area contributed by atoms with Gasteiger partial charge in [-0.05, 0) is 25.7 Å². The largest absolute Gasteiger partial charge is 0.387 e. The molecule has 0 atom stereocenters. The van der Waals surface area contributed by atoms with Crippen molar-refractivity contribution in [1.82, 2.24) is 0 Å². The fourth-order valence-electron chi connectivity index (χ4n) is 2.92. The number of rotatable bonds is 2. The zero-order valence-electron chi connectivity index (χ0n) is 9.75. The first kappa shape index (κ1) is 11.0. The van der Waals surface area contributed by atoms with Gasteiger partial charge in [-0.25, -0.2) is 0 Å². The predicted octanol–water partition coefficient (Wildman–Crippen LogP) is 3.26. The summed E-state index contributed by atoms with van der Waals surface area (Å²) in [6.07, 6.45) is 13.3. The maximum absolute atomic E-state index is 6.11. The first-order valence-electron chi connectivity index (χ1n) is 6.69. The van der Waals surface area contributed by atoms with Gasteiger partial charge in [-0.3, -0.25) is 4.99 Å². The van der Waals surface area contributed by atoms with Gasteiger partial charge in [-0.1, -0.05) is 38.5 Å². The molecule has 2 saturated carbocycles. The molecule has 2 aliphatic rings. The fraction of sp³-hybridized carbons (Fsp3) is 0.923. The minimum atomic E-state index is 0.549. The Kier molecular flexibility index (Phi) is 4.04. The fourth-order valence-corrected chi connectivity index (χ4v) is 2.92. The number of aliphatic imine (C=N–C) groups is 1. The second-order valence-corrected chi connectivity index (χ2v) is 5.18. The summed E-state index contributed by atoms with van der Waals surface area (Å²) in [6.45, 7) is 0. The molecule has 0 saturated heterocycles. The van der Waals surface area contributed by atoms with E-state index in [9.17, 15) is 0 Å². The second-order valence-electron chi connectivity index (χ2n) is 5.18. The van der Waals surface area contributed by atoms with E-state index in [0.29, 0.717) is 12.0 Å². The lowest BCUT2D eigenvalue weighted by Crippen LogP contribution is -2.24. The van der Waals surface area contributed by atoms with Crippen LogP contribution in [0, 0.1) is 5.92 Å². The first-order valence-corrected chi connectivity index (χ1v) is 6.69. The Morgan fingerprint density at radius 3 is 1.93 bits per heavy atom. The molecule has 0 aromatic carbocycles. The van der Waals surface area contributed by atoms with Gasteiger partial charge in [0.2, 0.25) is 0 Å². The van der Waals surface area contributed by atoms with Gasteiger partial charge in [0.15, 0.2) is 0 Å². The number of hydrogen-bond acceptors (Lipinski definition) is 1. The van der Waals surface area contributed by atoms with E-state index in [0.717, 1.165) is 5.84 Å². The molecule has 2 nitrogen and oxygen atoms in total. The van der Waals surface area contributed by atoms with E-state index in [-0.39, 0.29) is 0 Å². The van der Waals surface area contributed by atoms with E-state index < -0.39 is 0 Å². The van der Waals surface area contributed by atoms with Crippen LogP contribution in [0.25, 0.3) is 0 Å². The Labute approximate surface area is 93.3 Å². The van der Waals surface area contributed by atoms with Crippen molar-refractivity contribution in [1.29, 1.82) is 0 Å². The first-order chi connectivity index (χ1) is 7.36. The third kappa shape index (κ3) is 3.22. The topological polar surface area (TPSA) is 38.4 Å². The summed E-state index contributed by atoms with van der Waals surface area (Å²) < 4.78 is 0. The van der Waals surface area contributed by atoms with Crippen molar-refractivity contribution in [2.45, 2.75) is 70.3 Å². The molecule has 0 aromatic heterocycles. The Balaban J connectivity index is 1.88. The molecule has 2 heteroatoms. The molecule has 0 aliphatic heterocycles. The highest BCUT2D eigenvalue weighted by molar-refractivity contribution is 5.83. The van der Waals surface area contributed by atoms with Crippen molar-refractivity contribution < 1.29 is 0 Å². The molecule has 0 amide bonds. The van der Waals surface area contributed by atoms with E-state index in [1.54, 1.807) is 0 Å². The summed E-state index contributed by atoms with van der Waals surface area (Å²) in [4.78, 5) is 4.77. The molecule has 2 aliphatic carbocycles. The van der Waals surface area contributed by atoms with Crippen molar-refractivity contribution in [3.05, 3.63) is 0 Å². The van der Waals surface area contributed by atoms with Gasteiger partial charge in [-0.2, -0.15) is 0 Å². The highest BCUT2D eigenvalue weighted by atomic mass is 14.9. The van der Waals surface area contributed by atoms with Gasteiger partial charge in [0.05, 0.1) is 11.9 Å². The Morgan fingerprint density at radius 1 is 0.800 bits per heavy atom. The molecule has 0 unspecified atom stereocenters. The van der Waals surface area contributed by atoms with Crippen LogP contribution in [0.15, 0.2) is 4.99 Å². The highest BCUT2D eigenvalue weighted by Gasteiger charge is 2.20. The molecule has 0 heterocycles. The summed E-state index contributed by atoms with van der Waals surface area (Å²) in [7, 11) is 0. The molecule has 0 bridgehead atoms. The zero-order chi connectivity index (χ0) is 10.5. The molecule has 86 valence electrons. The maximum atomic E-state index is 6.11. The standard InChI is InChI=1S/C13H24N2/c14-13(11-7-5-6-8-11)15-12-9-3-1-2-4-10-12/h11-12H,1-10H2,(H2,14,15). The van der Waals surface area contributed by atoms with Crippen LogP contribution in [-0.4, -0.2) is 11.9 Å². The Hall–Kier alpha value is -0.530. The Morgan fingerprint density at radius 2 is 1.33 bits per heavy atom. The minimum Gasteiger partial charge on any atom is -0.387 e. The third-order valence-corrected chi connectivity index (χ3v) is 3.93. The van der Waals surface area contributed by atoms with Crippen molar-refractivity contribution >= 4 is 5.84 Å². The van der Waals surface area contributed by atoms with E-state index in [4.69, 9.17) is 10.7 Å². The van der Waals surface area contributed by atoms with Crippen molar-refractivity contribution in [2.24, 2.45) is 16.6 Å². The summed E-state index contributed by atoms with van der Waals surface area (Å²) >= 11 is 0. The van der Waals surface area contributed by atoms with Crippen LogP contribution in [0.2, 0.25) is 0 Å². The number of nitrogens with two attached hydrogens (primary N) is 1. The smallest absolute Gasteiger partial charge is 0.0971 e. The summed E-state index contributed by atoms with van der Waals surface area (Å²) in [5, 5.41) is 0. The molecule has 0 radical (unpaired) electrons. The number of nitrogens with zero attached hydrogens (tertiary/aromatic N) is 1. The van der Waals surface area contributed by atoms with Crippen LogP contribution < -0.4 is 5.73 Å². The summed E-state index contributed by atoms with van der Waals surface area (Å²) in [5.74, 6) is 1.59. The molecule has 15 heavy (non-hydrogen) atoms. The Bertz CT molecular complexity index is 209. The lowest BCUT2D eigenvalue weighted by atomic mass is 10.1. The van der Waals surface area contributed by atoms with Crippen molar-refractivity contribution in [3.63, 3.8) is 0 Å². The van der Waals surface area contributed by atoms with Crippen LogP contribution in [0.4, 0.5) is 0 Å². The molecular formula is C13H24N2. The SMILES string of the molecule is NC(=NC1CCCCCC1)C1CCCC1. The van der Waals surface area contributed by atoms with Crippen LogP contribution in [-0.2, 0) is 0 Å². The normalized spacial score (nSPS) is 26.8. The second kappa shape index (κ2) is 5.53.